The summed E-state index contributed by atoms with van der Waals surface area (Å²) in [7, 11) is 0. The lowest BCUT2D eigenvalue weighted by Crippen LogP contribution is -2.13. The molecule has 3 N–H and O–H groups in total. The second-order valence-electron chi connectivity index (χ2n) is 3.80. The largest absolute Gasteiger partial charge is 0.325 e. The fourth-order valence-corrected chi connectivity index (χ4v) is 2.06. The maximum absolute atomic E-state index is 12.1. The number of carbonyl (C=O) groups is 1. The molecule has 0 aliphatic carbocycles. The van der Waals surface area contributed by atoms with Crippen molar-refractivity contribution in [2.75, 3.05) is 5.32 Å². The number of carbonyl (C=O) groups excluding carboxylic acids is 1. The number of pyridine rings is 1. The molecule has 0 saturated heterocycles. The molecule has 0 unspecified atom stereocenters. The van der Waals surface area contributed by atoms with Gasteiger partial charge in [-0.15, -0.1) is 0 Å². The van der Waals surface area contributed by atoms with Crippen LogP contribution in [-0.4, -0.2) is 10.9 Å². The van der Waals surface area contributed by atoms with Crippen LogP contribution in [0.3, 0.4) is 0 Å². The molecule has 1 amide bonds. The van der Waals surface area contributed by atoms with Crippen molar-refractivity contribution >= 4 is 39.1 Å². The van der Waals surface area contributed by atoms with Gasteiger partial charge < -0.3 is 11.1 Å². The molecule has 6 heteroatoms. The van der Waals surface area contributed by atoms with Gasteiger partial charge in [-0.25, -0.2) is 0 Å². The average Bonchev–Trinajstić information content (AvgIpc) is 2.44. The number of anilines is 1. The van der Waals surface area contributed by atoms with Gasteiger partial charge in [0.2, 0.25) is 0 Å². The van der Waals surface area contributed by atoms with Crippen LogP contribution in [0.25, 0.3) is 0 Å². The van der Waals surface area contributed by atoms with Gasteiger partial charge in [0.15, 0.2) is 0 Å². The molecule has 1 aromatic carbocycles. The number of aromatic nitrogens is 1. The molecule has 0 bridgehead atoms. The van der Waals surface area contributed by atoms with Crippen molar-refractivity contribution in [1.82, 2.24) is 4.98 Å². The predicted molar refractivity (Wildman–Crippen MR) is 79.2 cm³/mol. The summed E-state index contributed by atoms with van der Waals surface area (Å²) >= 11 is 9.30. The zero-order valence-electron chi connectivity index (χ0n) is 9.86. The van der Waals surface area contributed by atoms with Crippen molar-refractivity contribution in [3.63, 3.8) is 0 Å². The highest BCUT2D eigenvalue weighted by molar-refractivity contribution is 9.10. The molecule has 0 spiro atoms. The van der Waals surface area contributed by atoms with E-state index in [0.717, 1.165) is 0 Å². The Morgan fingerprint density at radius 2 is 2.21 bits per heavy atom. The van der Waals surface area contributed by atoms with E-state index < -0.39 is 0 Å². The molecule has 2 rings (SSSR count). The van der Waals surface area contributed by atoms with Gasteiger partial charge in [-0.05, 0) is 40.2 Å². The van der Waals surface area contributed by atoms with Crippen molar-refractivity contribution in [3.8, 4) is 0 Å². The number of amides is 1. The van der Waals surface area contributed by atoms with Crippen LogP contribution in [0.1, 0.15) is 16.1 Å². The maximum atomic E-state index is 12.1. The van der Waals surface area contributed by atoms with Crippen molar-refractivity contribution in [2.45, 2.75) is 6.54 Å². The van der Waals surface area contributed by atoms with Crippen LogP contribution in [0, 0.1) is 0 Å². The van der Waals surface area contributed by atoms with Crippen LogP contribution in [-0.2, 0) is 6.54 Å². The summed E-state index contributed by atoms with van der Waals surface area (Å²) in [5.74, 6) is -0.236. The van der Waals surface area contributed by atoms with E-state index in [1.165, 1.54) is 0 Å². The van der Waals surface area contributed by atoms with E-state index in [1.54, 1.807) is 36.5 Å². The van der Waals surface area contributed by atoms with Gasteiger partial charge in [0.1, 0.15) is 0 Å². The van der Waals surface area contributed by atoms with Crippen LogP contribution in [0.5, 0.6) is 0 Å². The monoisotopic (exact) mass is 339 g/mol. The number of nitrogens with zero attached hydrogens (tertiary/aromatic N) is 1. The van der Waals surface area contributed by atoms with Crippen LogP contribution >= 0.6 is 27.5 Å². The van der Waals surface area contributed by atoms with Crippen LogP contribution in [0.2, 0.25) is 5.02 Å². The highest BCUT2D eigenvalue weighted by Gasteiger charge is 2.10. The second-order valence-corrected chi connectivity index (χ2v) is 5.00. The lowest BCUT2D eigenvalue weighted by molar-refractivity contribution is 0.102. The fraction of sp³-hybridized carbons (Fsp3) is 0.0769. The number of halogens is 2. The average molecular weight is 341 g/mol. The Bertz CT molecular complexity index is 619. The summed E-state index contributed by atoms with van der Waals surface area (Å²) in [6.07, 6.45) is 1.56. The molecule has 0 saturated carbocycles. The molecule has 0 fully saturated rings. The van der Waals surface area contributed by atoms with E-state index in [1.807, 2.05) is 0 Å². The molecule has 0 atom stereocenters. The third-order valence-corrected chi connectivity index (χ3v) is 3.89. The minimum absolute atomic E-state index is 0.236. The summed E-state index contributed by atoms with van der Waals surface area (Å²) in [5.41, 5.74) is 7.28. The second kappa shape index (κ2) is 6.14. The van der Waals surface area contributed by atoms with Crippen molar-refractivity contribution < 1.29 is 4.79 Å². The topological polar surface area (TPSA) is 68.0 Å². The molecule has 0 aliphatic heterocycles. The summed E-state index contributed by atoms with van der Waals surface area (Å²) in [5, 5.41) is 3.32. The lowest BCUT2D eigenvalue weighted by Gasteiger charge is -2.08. The summed E-state index contributed by atoms with van der Waals surface area (Å²) in [4.78, 5) is 16.1. The van der Waals surface area contributed by atoms with Crippen LogP contribution in [0.15, 0.2) is 41.0 Å². The van der Waals surface area contributed by atoms with Crippen molar-refractivity contribution in [3.05, 3.63) is 57.3 Å². The lowest BCUT2D eigenvalue weighted by atomic mass is 10.2. The molecule has 2 aromatic rings. The molecule has 0 radical (unpaired) electrons. The Balaban J connectivity index is 2.23. The summed E-state index contributed by atoms with van der Waals surface area (Å²) in [6.45, 7) is 0.294. The van der Waals surface area contributed by atoms with Gasteiger partial charge in [0.25, 0.3) is 5.91 Å². The van der Waals surface area contributed by atoms with Crippen LogP contribution < -0.4 is 11.1 Å². The number of benzene rings is 1. The smallest absolute Gasteiger partial charge is 0.255 e. The first kappa shape index (κ1) is 14.0. The highest BCUT2D eigenvalue weighted by atomic mass is 79.9. The molecular formula is C13H11BrClN3O. The fourth-order valence-electron chi connectivity index (χ4n) is 1.53. The third kappa shape index (κ3) is 3.32. The Labute approximate surface area is 124 Å². The standard InChI is InChI=1S/C13H11BrClN3O/c14-12-10(15)2-1-3-11(12)18-13(19)8-4-5-17-9(6-8)7-16/h1-6H,7,16H2,(H,18,19). The van der Waals surface area contributed by atoms with E-state index >= 15 is 0 Å². The number of rotatable bonds is 3. The van der Waals surface area contributed by atoms with Crippen LogP contribution in [0.4, 0.5) is 5.69 Å². The number of nitrogens with one attached hydrogen (secondary N) is 1. The van der Waals surface area contributed by atoms with Gasteiger partial charge in [0, 0.05) is 18.3 Å². The Morgan fingerprint density at radius 1 is 1.42 bits per heavy atom. The molecular weight excluding hydrogens is 330 g/mol. The van der Waals surface area contributed by atoms with Gasteiger partial charge >= 0.3 is 0 Å². The van der Waals surface area contributed by atoms with E-state index in [4.69, 9.17) is 17.3 Å². The highest BCUT2D eigenvalue weighted by Crippen LogP contribution is 2.30. The van der Waals surface area contributed by atoms with E-state index in [2.05, 4.69) is 26.2 Å². The quantitative estimate of drug-likeness (QED) is 0.901. The van der Waals surface area contributed by atoms with Crippen molar-refractivity contribution in [1.29, 1.82) is 0 Å². The van der Waals surface area contributed by atoms with Gasteiger partial charge in [0.05, 0.1) is 20.9 Å². The molecule has 1 aromatic heterocycles. The number of hydrogen-bond donors (Lipinski definition) is 2. The van der Waals surface area contributed by atoms with E-state index in [0.29, 0.717) is 33.0 Å². The van der Waals surface area contributed by atoms with Gasteiger partial charge in [-0.3, -0.25) is 9.78 Å². The molecule has 0 aliphatic rings. The molecule has 1 heterocycles. The summed E-state index contributed by atoms with van der Waals surface area (Å²) in [6, 6.07) is 8.56. The number of nitrogens with two attached hydrogens (primary N) is 1. The minimum atomic E-state index is -0.236. The number of hydrogen-bond acceptors (Lipinski definition) is 3. The Kier molecular flexibility index (Phi) is 4.52. The first-order valence-corrected chi connectivity index (χ1v) is 6.69. The summed E-state index contributed by atoms with van der Waals surface area (Å²) < 4.78 is 0.651. The normalized spacial score (nSPS) is 10.3. The maximum Gasteiger partial charge on any atom is 0.255 e. The molecule has 4 nitrogen and oxygen atoms in total. The zero-order chi connectivity index (χ0) is 13.8. The van der Waals surface area contributed by atoms with E-state index in [9.17, 15) is 4.79 Å². The van der Waals surface area contributed by atoms with Gasteiger partial charge in [-0.2, -0.15) is 0 Å². The molecule has 98 valence electrons. The first-order chi connectivity index (χ1) is 9.11. The third-order valence-electron chi connectivity index (χ3n) is 2.49. The first-order valence-electron chi connectivity index (χ1n) is 5.52. The minimum Gasteiger partial charge on any atom is -0.325 e. The Morgan fingerprint density at radius 3 is 2.95 bits per heavy atom. The SMILES string of the molecule is NCc1cc(C(=O)Nc2cccc(Cl)c2Br)ccn1. The van der Waals surface area contributed by atoms with E-state index in [-0.39, 0.29) is 5.91 Å². The predicted octanol–water partition coefficient (Wildman–Crippen LogP) is 3.21. The van der Waals surface area contributed by atoms with Crippen molar-refractivity contribution in [2.24, 2.45) is 5.73 Å². The molecule has 19 heavy (non-hydrogen) atoms. The van der Waals surface area contributed by atoms with Gasteiger partial charge in [-0.1, -0.05) is 17.7 Å². The Hall–Kier alpha value is -1.43. The zero-order valence-corrected chi connectivity index (χ0v) is 12.2.